The molecular formula is C11H18N4OS. The van der Waals surface area contributed by atoms with Crippen LogP contribution in [0.3, 0.4) is 0 Å². The van der Waals surface area contributed by atoms with Crippen molar-refractivity contribution >= 4 is 28.2 Å². The largest absolute Gasteiger partial charge is 0.382 e. The highest BCUT2D eigenvalue weighted by atomic mass is 32.1. The number of nitrogen functional groups attached to an aromatic ring is 1. The molecule has 1 saturated carbocycles. The van der Waals surface area contributed by atoms with Crippen molar-refractivity contribution in [3.8, 4) is 0 Å². The summed E-state index contributed by atoms with van der Waals surface area (Å²) in [5.41, 5.74) is 6.05. The lowest BCUT2D eigenvalue weighted by molar-refractivity contribution is 0.0949. The van der Waals surface area contributed by atoms with E-state index in [9.17, 15) is 4.79 Å². The molecule has 1 amide bonds. The number of thiazole rings is 1. The molecule has 0 saturated heterocycles. The van der Waals surface area contributed by atoms with Gasteiger partial charge in [-0.15, -0.1) is 0 Å². The van der Waals surface area contributed by atoms with Crippen LogP contribution in [0.4, 0.5) is 10.9 Å². The molecule has 5 nitrogen and oxygen atoms in total. The molecular weight excluding hydrogens is 236 g/mol. The molecule has 2 rings (SSSR count). The van der Waals surface area contributed by atoms with E-state index in [0.717, 1.165) is 13.0 Å². The van der Waals surface area contributed by atoms with Gasteiger partial charge in [0.2, 0.25) is 0 Å². The molecule has 0 unspecified atom stereocenters. The van der Waals surface area contributed by atoms with Crippen LogP contribution in [0.2, 0.25) is 0 Å². The van der Waals surface area contributed by atoms with E-state index >= 15 is 0 Å². The fourth-order valence-corrected chi connectivity index (χ4v) is 2.54. The van der Waals surface area contributed by atoms with Crippen LogP contribution in [0.5, 0.6) is 0 Å². The first-order valence-corrected chi connectivity index (χ1v) is 6.64. The maximum Gasteiger partial charge on any atom is 0.265 e. The summed E-state index contributed by atoms with van der Waals surface area (Å²) < 4.78 is 0. The van der Waals surface area contributed by atoms with Gasteiger partial charge in [-0.2, -0.15) is 0 Å². The van der Waals surface area contributed by atoms with Gasteiger partial charge in [0, 0.05) is 13.6 Å². The van der Waals surface area contributed by atoms with E-state index in [2.05, 4.69) is 22.5 Å². The molecule has 1 aromatic heterocycles. The van der Waals surface area contributed by atoms with Crippen molar-refractivity contribution in [2.75, 3.05) is 24.6 Å². The van der Waals surface area contributed by atoms with Crippen LogP contribution in [0.15, 0.2) is 0 Å². The second-order valence-corrected chi connectivity index (χ2v) is 5.52. The number of hydrogen-bond acceptors (Lipinski definition) is 5. The van der Waals surface area contributed by atoms with Gasteiger partial charge in [0.25, 0.3) is 5.91 Å². The van der Waals surface area contributed by atoms with Gasteiger partial charge in [-0.25, -0.2) is 4.98 Å². The Balaban J connectivity index is 1.97. The molecule has 94 valence electrons. The number of nitrogens with two attached hydrogens (primary N) is 1. The average Bonchev–Trinajstić information content (AvgIpc) is 3.03. The van der Waals surface area contributed by atoms with Gasteiger partial charge < -0.3 is 16.4 Å². The van der Waals surface area contributed by atoms with Gasteiger partial charge in [0.15, 0.2) is 5.13 Å². The van der Waals surface area contributed by atoms with Crippen molar-refractivity contribution in [3.05, 3.63) is 4.88 Å². The minimum atomic E-state index is -0.110. The van der Waals surface area contributed by atoms with E-state index in [4.69, 9.17) is 5.73 Å². The summed E-state index contributed by atoms with van der Waals surface area (Å²) in [6.07, 6.45) is 3.54. The Labute approximate surface area is 105 Å². The van der Waals surface area contributed by atoms with Gasteiger partial charge >= 0.3 is 0 Å². The van der Waals surface area contributed by atoms with E-state index in [1.54, 1.807) is 7.05 Å². The van der Waals surface area contributed by atoms with Crippen molar-refractivity contribution in [1.29, 1.82) is 0 Å². The quantitative estimate of drug-likeness (QED) is 0.747. The summed E-state index contributed by atoms with van der Waals surface area (Å²) in [6.45, 7) is 2.91. The number of rotatable bonds is 5. The normalized spacial score (nSPS) is 16.6. The predicted octanol–water partition coefficient (Wildman–Crippen LogP) is 1.69. The van der Waals surface area contributed by atoms with Crippen molar-refractivity contribution < 1.29 is 4.79 Å². The highest BCUT2D eigenvalue weighted by Crippen LogP contribution is 2.47. The van der Waals surface area contributed by atoms with Crippen molar-refractivity contribution in [3.63, 3.8) is 0 Å². The zero-order chi connectivity index (χ0) is 12.5. The molecule has 17 heavy (non-hydrogen) atoms. The molecule has 1 aromatic rings. The van der Waals surface area contributed by atoms with Gasteiger partial charge in [-0.05, 0) is 24.7 Å². The van der Waals surface area contributed by atoms with Crippen LogP contribution in [-0.2, 0) is 0 Å². The fourth-order valence-electron chi connectivity index (χ4n) is 1.78. The zero-order valence-electron chi connectivity index (χ0n) is 10.2. The molecule has 0 aliphatic heterocycles. The van der Waals surface area contributed by atoms with Crippen molar-refractivity contribution in [1.82, 2.24) is 10.3 Å². The molecule has 1 aliphatic carbocycles. The van der Waals surface area contributed by atoms with E-state index in [1.165, 1.54) is 24.2 Å². The first-order valence-electron chi connectivity index (χ1n) is 5.82. The number of nitrogens with zero attached hydrogens (tertiary/aromatic N) is 1. The fraction of sp³-hybridized carbons (Fsp3) is 0.636. The van der Waals surface area contributed by atoms with Crippen molar-refractivity contribution in [2.45, 2.75) is 26.2 Å². The molecule has 4 N–H and O–H groups in total. The smallest absolute Gasteiger partial charge is 0.265 e. The molecule has 1 fully saturated rings. The van der Waals surface area contributed by atoms with Crippen LogP contribution in [0.1, 0.15) is 35.9 Å². The van der Waals surface area contributed by atoms with Crippen LogP contribution in [0.25, 0.3) is 0 Å². The molecule has 0 bridgehead atoms. The Morgan fingerprint density at radius 2 is 2.29 bits per heavy atom. The minimum absolute atomic E-state index is 0.110. The van der Waals surface area contributed by atoms with E-state index in [1.807, 2.05) is 0 Å². The highest BCUT2D eigenvalue weighted by molar-refractivity contribution is 7.18. The first kappa shape index (κ1) is 12.2. The number of anilines is 2. The highest BCUT2D eigenvalue weighted by Gasteiger charge is 2.40. The number of aromatic nitrogens is 1. The van der Waals surface area contributed by atoms with E-state index in [0.29, 0.717) is 21.2 Å². The van der Waals surface area contributed by atoms with Gasteiger partial charge in [0.05, 0.1) is 0 Å². The number of nitrogens with one attached hydrogen (secondary N) is 2. The minimum Gasteiger partial charge on any atom is -0.382 e. The van der Waals surface area contributed by atoms with Gasteiger partial charge in [0.1, 0.15) is 10.7 Å². The van der Waals surface area contributed by atoms with Crippen LogP contribution < -0.4 is 16.4 Å². The maximum atomic E-state index is 11.9. The van der Waals surface area contributed by atoms with E-state index < -0.39 is 0 Å². The lowest BCUT2D eigenvalue weighted by Gasteiger charge is -2.12. The standard InChI is InChI=1S/C11H18N4OS/c1-3-11(4-5-11)6-14-9(16)7-8(12)15-10(13-2)17-7/h3-6,12H2,1-2H3,(H,13,15)(H,14,16). The summed E-state index contributed by atoms with van der Waals surface area (Å²) in [5, 5.41) is 6.51. The van der Waals surface area contributed by atoms with Crippen LogP contribution in [0, 0.1) is 5.41 Å². The topological polar surface area (TPSA) is 80.0 Å². The Morgan fingerprint density at radius 1 is 1.59 bits per heavy atom. The summed E-state index contributed by atoms with van der Waals surface area (Å²) in [6, 6.07) is 0. The molecule has 1 heterocycles. The summed E-state index contributed by atoms with van der Waals surface area (Å²) in [4.78, 5) is 16.5. The maximum absolute atomic E-state index is 11.9. The van der Waals surface area contributed by atoms with Gasteiger partial charge in [-0.1, -0.05) is 18.3 Å². The van der Waals surface area contributed by atoms with Crippen LogP contribution >= 0.6 is 11.3 Å². The summed E-state index contributed by atoms with van der Waals surface area (Å²) in [7, 11) is 1.76. The Hall–Kier alpha value is -1.30. The third-order valence-electron chi connectivity index (χ3n) is 3.40. The molecule has 6 heteroatoms. The van der Waals surface area contributed by atoms with E-state index in [-0.39, 0.29) is 5.91 Å². The monoisotopic (exact) mass is 254 g/mol. The first-order chi connectivity index (χ1) is 8.10. The number of hydrogen-bond donors (Lipinski definition) is 3. The lowest BCUT2D eigenvalue weighted by Crippen LogP contribution is -2.29. The Bertz CT molecular complexity index is 425. The number of amides is 1. The average molecular weight is 254 g/mol. The number of carbonyl (C=O) groups is 1. The second-order valence-electron chi connectivity index (χ2n) is 4.52. The molecule has 1 aliphatic rings. The number of carbonyl (C=O) groups excluding carboxylic acids is 1. The molecule has 0 spiro atoms. The Morgan fingerprint density at radius 3 is 2.76 bits per heavy atom. The summed E-state index contributed by atoms with van der Waals surface area (Å²) in [5.74, 6) is 0.194. The molecule has 0 aromatic carbocycles. The second kappa shape index (κ2) is 4.52. The predicted molar refractivity (Wildman–Crippen MR) is 70.4 cm³/mol. The molecule has 0 radical (unpaired) electrons. The zero-order valence-corrected chi connectivity index (χ0v) is 11.0. The Kier molecular flexibility index (Phi) is 3.24. The molecule has 0 atom stereocenters. The SMILES string of the molecule is CCC1(CNC(=O)c2sc(NC)nc2N)CC1. The third kappa shape index (κ3) is 2.52. The van der Waals surface area contributed by atoms with Gasteiger partial charge in [-0.3, -0.25) is 4.79 Å². The van der Waals surface area contributed by atoms with Crippen LogP contribution in [-0.4, -0.2) is 24.5 Å². The lowest BCUT2D eigenvalue weighted by atomic mass is 10.0. The summed E-state index contributed by atoms with van der Waals surface area (Å²) >= 11 is 1.29. The third-order valence-corrected chi connectivity index (χ3v) is 4.49. The van der Waals surface area contributed by atoms with Crippen molar-refractivity contribution in [2.24, 2.45) is 5.41 Å².